The minimum atomic E-state index is 0.475. The Hall–Kier alpha value is -2.63. The molecule has 3 aromatic rings. The molecule has 0 saturated heterocycles. The van der Waals surface area contributed by atoms with Crippen LogP contribution in [-0.4, -0.2) is 33.3 Å². The van der Waals surface area contributed by atoms with Crippen molar-refractivity contribution in [2.24, 2.45) is 7.05 Å². The Morgan fingerprint density at radius 3 is 2.73 bits per heavy atom. The number of fused-ring (bicyclic) bond motifs is 1. The second kappa shape index (κ2) is 6.01. The Labute approximate surface area is 129 Å². The fraction of sp³-hybridized carbons (Fsp3) is 0.312. The molecule has 22 heavy (non-hydrogen) atoms. The maximum atomic E-state index is 6.00. The molecule has 2 heterocycles. The summed E-state index contributed by atoms with van der Waals surface area (Å²) >= 11 is 0. The van der Waals surface area contributed by atoms with E-state index in [0.717, 1.165) is 30.4 Å². The molecule has 0 amide bonds. The van der Waals surface area contributed by atoms with Crippen molar-refractivity contribution in [1.82, 2.24) is 19.7 Å². The second-order valence-corrected chi connectivity index (χ2v) is 5.43. The zero-order chi connectivity index (χ0) is 15.5. The van der Waals surface area contributed by atoms with Gasteiger partial charge < -0.3 is 10.6 Å². The summed E-state index contributed by atoms with van der Waals surface area (Å²) in [6, 6.07) is 10.5. The summed E-state index contributed by atoms with van der Waals surface area (Å²) in [5.41, 5.74) is 8.10. The molecule has 0 aliphatic heterocycles. The number of aryl methyl sites for hydroxylation is 2. The highest BCUT2D eigenvalue weighted by Crippen LogP contribution is 2.20. The van der Waals surface area contributed by atoms with Gasteiger partial charge in [0.2, 0.25) is 5.95 Å². The lowest BCUT2D eigenvalue weighted by Gasteiger charge is -2.17. The van der Waals surface area contributed by atoms with Crippen LogP contribution in [0.5, 0.6) is 0 Å². The monoisotopic (exact) mass is 296 g/mol. The topological polar surface area (TPSA) is 72.9 Å². The van der Waals surface area contributed by atoms with Gasteiger partial charge in [0.05, 0.1) is 11.6 Å². The number of hydrogen-bond acceptors (Lipinski definition) is 5. The van der Waals surface area contributed by atoms with Crippen LogP contribution in [0.2, 0.25) is 0 Å². The first-order valence-electron chi connectivity index (χ1n) is 7.35. The van der Waals surface area contributed by atoms with Crippen LogP contribution in [0.4, 0.5) is 11.8 Å². The smallest absolute Gasteiger partial charge is 0.229 e. The molecule has 6 heteroatoms. The van der Waals surface area contributed by atoms with Gasteiger partial charge in [-0.2, -0.15) is 15.1 Å². The molecule has 6 nitrogen and oxygen atoms in total. The number of aromatic nitrogens is 4. The normalized spacial score (nSPS) is 11.0. The Kier molecular flexibility index (Phi) is 3.91. The van der Waals surface area contributed by atoms with Gasteiger partial charge in [-0.15, -0.1) is 0 Å². The van der Waals surface area contributed by atoms with E-state index in [1.807, 2.05) is 25.1 Å². The van der Waals surface area contributed by atoms with Crippen LogP contribution < -0.4 is 10.6 Å². The average molecular weight is 296 g/mol. The van der Waals surface area contributed by atoms with Crippen molar-refractivity contribution in [1.29, 1.82) is 0 Å². The number of rotatable bonds is 5. The number of anilines is 2. The van der Waals surface area contributed by atoms with Gasteiger partial charge >= 0.3 is 0 Å². The predicted octanol–water partition coefficient (Wildman–Crippen LogP) is 2.01. The van der Waals surface area contributed by atoms with Crippen LogP contribution in [0, 0.1) is 0 Å². The van der Waals surface area contributed by atoms with Crippen LogP contribution in [0.1, 0.15) is 12.0 Å². The lowest BCUT2D eigenvalue weighted by atomic mass is 10.1. The van der Waals surface area contributed by atoms with E-state index in [2.05, 4.69) is 39.3 Å². The summed E-state index contributed by atoms with van der Waals surface area (Å²) in [5, 5.41) is 4.97. The van der Waals surface area contributed by atoms with Gasteiger partial charge in [0.25, 0.3) is 0 Å². The average Bonchev–Trinajstić information content (AvgIpc) is 2.90. The molecule has 0 fully saturated rings. The summed E-state index contributed by atoms with van der Waals surface area (Å²) in [5.74, 6) is 1.12. The van der Waals surface area contributed by atoms with E-state index in [9.17, 15) is 0 Å². The number of nitrogens with zero attached hydrogens (tertiary/aromatic N) is 5. The third kappa shape index (κ3) is 2.86. The standard InChI is InChI=1S/C16H20N6/c1-21(10-6-9-12-7-4-3-5-8-12)16-19-14(17)13-11-18-22(2)15(13)20-16/h3-5,7-8,11H,6,9-10H2,1-2H3,(H2,17,19,20). The molecule has 2 N–H and O–H groups in total. The Morgan fingerprint density at radius 1 is 1.18 bits per heavy atom. The maximum Gasteiger partial charge on any atom is 0.229 e. The predicted molar refractivity (Wildman–Crippen MR) is 88.7 cm³/mol. The minimum Gasteiger partial charge on any atom is -0.383 e. The Morgan fingerprint density at radius 2 is 1.95 bits per heavy atom. The zero-order valence-electron chi connectivity index (χ0n) is 12.9. The Balaban J connectivity index is 1.69. The highest BCUT2D eigenvalue weighted by atomic mass is 15.3. The molecule has 1 aromatic carbocycles. The van der Waals surface area contributed by atoms with E-state index >= 15 is 0 Å². The van der Waals surface area contributed by atoms with Gasteiger partial charge in [0.15, 0.2) is 5.65 Å². The summed E-state index contributed by atoms with van der Waals surface area (Å²) < 4.78 is 1.72. The highest BCUT2D eigenvalue weighted by molar-refractivity contribution is 5.86. The van der Waals surface area contributed by atoms with E-state index in [-0.39, 0.29) is 0 Å². The third-order valence-electron chi connectivity index (χ3n) is 3.75. The van der Waals surface area contributed by atoms with Crippen LogP contribution in [0.25, 0.3) is 11.0 Å². The fourth-order valence-electron chi connectivity index (χ4n) is 2.47. The molecule has 2 aromatic heterocycles. The van der Waals surface area contributed by atoms with E-state index in [1.165, 1.54) is 5.56 Å². The van der Waals surface area contributed by atoms with E-state index in [4.69, 9.17) is 5.73 Å². The van der Waals surface area contributed by atoms with Crippen molar-refractivity contribution in [3.05, 3.63) is 42.1 Å². The molecular formula is C16H20N6. The van der Waals surface area contributed by atoms with Crippen LogP contribution in [0.15, 0.2) is 36.5 Å². The van der Waals surface area contributed by atoms with Gasteiger partial charge in [-0.05, 0) is 18.4 Å². The molecule has 0 saturated carbocycles. The molecule has 0 spiro atoms. The SMILES string of the molecule is CN(CCCc1ccccc1)c1nc(N)c2cnn(C)c2n1. The highest BCUT2D eigenvalue weighted by Gasteiger charge is 2.12. The quantitative estimate of drug-likeness (QED) is 0.779. The summed E-state index contributed by atoms with van der Waals surface area (Å²) in [6.07, 6.45) is 3.77. The van der Waals surface area contributed by atoms with Crippen molar-refractivity contribution < 1.29 is 0 Å². The molecule has 0 aliphatic rings. The molecule has 0 radical (unpaired) electrons. The van der Waals surface area contributed by atoms with E-state index in [0.29, 0.717) is 11.8 Å². The van der Waals surface area contributed by atoms with Gasteiger partial charge in [-0.3, -0.25) is 4.68 Å². The fourth-order valence-corrected chi connectivity index (χ4v) is 2.47. The maximum absolute atomic E-state index is 6.00. The summed E-state index contributed by atoms with van der Waals surface area (Å²) in [7, 11) is 3.84. The largest absolute Gasteiger partial charge is 0.383 e. The Bertz CT molecular complexity index is 765. The van der Waals surface area contributed by atoms with E-state index < -0.39 is 0 Å². The summed E-state index contributed by atoms with van der Waals surface area (Å²) in [4.78, 5) is 11.0. The van der Waals surface area contributed by atoms with Crippen LogP contribution in [-0.2, 0) is 13.5 Å². The van der Waals surface area contributed by atoms with Crippen LogP contribution in [0.3, 0.4) is 0 Å². The first kappa shape index (κ1) is 14.3. The van der Waals surface area contributed by atoms with Gasteiger partial charge in [0.1, 0.15) is 5.82 Å². The lowest BCUT2D eigenvalue weighted by molar-refractivity contribution is 0.758. The zero-order valence-corrected chi connectivity index (χ0v) is 12.9. The molecule has 0 bridgehead atoms. The summed E-state index contributed by atoms with van der Waals surface area (Å²) in [6.45, 7) is 0.873. The first-order valence-corrected chi connectivity index (χ1v) is 7.35. The number of nitrogens with two attached hydrogens (primary N) is 1. The number of benzene rings is 1. The van der Waals surface area contributed by atoms with Crippen molar-refractivity contribution in [2.45, 2.75) is 12.8 Å². The number of nitrogen functional groups attached to an aromatic ring is 1. The molecular weight excluding hydrogens is 276 g/mol. The number of hydrogen-bond donors (Lipinski definition) is 1. The molecule has 3 rings (SSSR count). The van der Waals surface area contributed by atoms with Gasteiger partial charge in [-0.25, -0.2) is 0 Å². The van der Waals surface area contributed by atoms with Crippen molar-refractivity contribution in [3.8, 4) is 0 Å². The van der Waals surface area contributed by atoms with Crippen molar-refractivity contribution in [3.63, 3.8) is 0 Å². The third-order valence-corrected chi connectivity index (χ3v) is 3.75. The van der Waals surface area contributed by atoms with E-state index in [1.54, 1.807) is 10.9 Å². The molecule has 0 aliphatic carbocycles. The molecule has 0 unspecified atom stereocenters. The lowest BCUT2D eigenvalue weighted by Crippen LogP contribution is -2.22. The van der Waals surface area contributed by atoms with Gasteiger partial charge in [0, 0.05) is 20.6 Å². The molecule has 0 atom stereocenters. The first-order chi connectivity index (χ1) is 10.6. The van der Waals surface area contributed by atoms with Crippen molar-refractivity contribution >= 4 is 22.8 Å². The molecule has 114 valence electrons. The van der Waals surface area contributed by atoms with Gasteiger partial charge in [-0.1, -0.05) is 30.3 Å². The van der Waals surface area contributed by atoms with Crippen molar-refractivity contribution in [2.75, 3.05) is 24.2 Å². The second-order valence-electron chi connectivity index (χ2n) is 5.43. The minimum absolute atomic E-state index is 0.475. The van der Waals surface area contributed by atoms with Crippen LogP contribution >= 0.6 is 0 Å².